The Balaban J connectivity index is 1.90. The Morgan fingerprint density at radius 2 is 1.57 bits per heavy atom. The fourth-order valence-electron chi connectivity index (χ4n) is 3.98. The lowest BCUT2D eigenvalue weighted by Crippen LogP contribution is -2.53. The lowest BCUT2D eigenvalue weighted by molar-refractivity contribution is -0.143. The van der Waals surface area contributed by atoms with Crippen LogP contribution in [0.5, 0.6) is 5.75 Å². The summed E-state index contributed by atoms with van der Waals surface area (Å²) in [5, 5.41) is 3.01. The number of halogens is 1. The van der Waals surface area contributed by atoms with Gasteiger partial charge >= 0.3 is 0 Å². The smallest absolute Gasteiger partial charge is 0.261 e. The van der Waals surface area contributed by atoms with Crippen molar-refractivity contribution in [3.63, 3.8) is 0 Å². The van der Waals surface area contributed by atoms with E-state index in [1.54, 1.807) is 18.2 Å². The topological polar surface area (TPSA) is 58.6 Å². The number of carbonyl (C=O) groups excluding carboxylic acids is 2. The number of amides is 2. The molecule has 0 aliphatic carbocycles. The number of carbonyl (C=O) groups is 2. The van der Waals surface area contributed by atoms with Crippen molar-refractivity contribution in [2.24, 2.45) is 0 Å². The number of nitrogens with zero attached hydrogens (tertiary/aromatic N) is 1. The molecule has 0 aromatic heterocycles. The van der Waals surface area contributed by atoms with Crippen LogP contribution >= 0.6 is 0 Å². The SMILES string of the molecule is CC[C@@H](C)NC(=O)[C@@H](Cc1ccccc1)N(Cc1ccccc1F)C(=O)COc1ccc(C(C)C)cc1. The Bertz CT molecular complexity index is 1150. The molecule has 2 atom stereocenters. The highest BCUT2D eigenvalue weighted by Crippen LogP contribution is 2.20. The third-order valence-electron chi connectivity index (χ3n) is 6.48. The van der Waals surface area contributed by atoms with Crippen molar-refractivity contribution in [3.8, 4) is 5.75 Å². The highest BCUT2D eigenvalue weighted by molar-refractivity contribution is 5.88. The Labute approximate surface area is 219 Å². The lowest BCUT2D eigenvalue weighted by Gasteiger charge is -2.32. The normalized spacial score (nSPS) is 12.6. The van der Waals surface area contributed by atoms with Gasteiger partial charge in [0.05, 0.1) is 0 Å². The third kappa shape index (κ3) is 8.17. The number of benzene rings is 3. The summed E-state index contributed by atoms with van der Waals surface area (Å²) in [7, 11) is 0. The molecular weight excluding hydrogens is 467 g/mol. The van der Waals surface area contributed by atoms with Gasteiger partial charge in [-0.05, 0) is 48.6 Å². The summed E-state index contributed by atoms with van der Waals surface area (Å²) in [4.78, 5) is 28.5. The Morgan fingerprint density at radius 3 is 2.19 bits per heavy atom. The van der Waals surface area contributed by atoms with Crippen molar-refractivity contribution in [1.82, 2.24) is 10.2 Å². The average molecular weight is 505 g/mol. The summed E-state index contributed by atoms with van der Waals surface area (Å²) < 4.78 is 20.5. The Hall–Kier alpha value is -3.67. The number of ether oxygens (including phenoxy) is 1. The first-order valence-electron chi connectivity index (χ1n) is 12.9. The van der Waals surface area contributed by atoms with Crippen molar-refractivity contribution >= 4 is 11.8 Å². The molecule has 0 radical (unpaired) electrons. The van der Waals surface area contributed by atoms with E-state index in [1.807, 2.05) is 68.4 Å². The van der Waals surface area contributed by atoms with Gasteiger partial charge < -0.3 is 15.0 Å². The summed E-state index contributed by atoms with van der Waals surface area (Å²) in [6.07, 6.45) is 1.05. The lowest BCUT2D eigenvalue weighted by atomic mass is 10.0. The Kier molecular flexibility index (Phi) is 10.2. The highest BCUT2D eigenvalue weighted by Gasteiger charge is 2.31. The van der Waals surface area contributed by atoms with Gasteiger partial charge in [-0.3, -0.25) is 9.59 Å². The maximum atomic E-state index is 14.7. The van der Waals surface area contributed by atoms with Crippen LogP contribution in [0.1, 0.15) is 56.7 Å². The third-order valence-corrected chi connectivity index (χ3v) is 6.48. The van der Waals surface area contributed by atoms with Crippen LogP contribution in [-0.4, -0.2) is 35.4 Å². The molecule has 0 fully saturated rings. The van der Waals surface area contributed by atoms with Gasteiger partial charge in [-0.1, -0.05) is 81.4 Å². The zero-order valence-electron chi connectivity index (χ0n) is 22.1. The molecule has 5 nitrogen and oxygen atoms in total. The number of hydrogen-bond acceptors (Lipinski definition) is 3. The molecule has 3 aromatic rings. The Morgan fingerprint density at radius 1 is 0.919 bits per heavy atom. The molecular formula is C31H37FN2O3. The standard InChI is InChI=1S/C31H37FN2O3/c1-5-23(4)33-31(36)29(19-24-11-7-6-8-12-24)34(20-26-13-9-10-14-28(26)32)30(35)21-37-27-17-15-25(16-18-27)22(2)3/h6-18,22-23,29H,5,19-21H2,1-4H3,(H,33,36)/t23-,29-/m1/s1. The van der Waals surface area contributed by atoms with Gasteiger partial charge in [0.2, 0.25) is 5.91 Å². The first-order valence-corrected chi connectivity index (χ1v) is 12.9. The highest BCUT2D eigenvalue weighted by atomic mass is 19.1. The molecule has 0 heterocycles. The van der Waals surface area contributed by atoms with Crippen LogP contribution in [0.2, 0.25) is 0 Å². The fraction of sp³-hybridized carbons (Fsp3) is 0.355. The minimum atomic E-state index is -0.838. The number of nitrogens with one attached hydrogen (secondary N) is 1. The van der Waals surface area contributed by atoms with E-state index in [4.69, 9.17) is 4.74 Å². The molecule has 1 N–H and O–H groups in total. The molecule has 0 spiro atoms. The maximum Gasteiger partial charge on any atom is 0.261 e. The van der Waals surface area contributed by atoms with Crippen LogP contribution in [0, 0.1) is 5.82 Å². The van der Waals surface area contributed by atoms with E-state index >= 15 is 0 Å². The van der Waals surface area contributed by atoms with Gasteiger partial charge in [0.25, 0.3) is 5.91 Å². The predicted molar refractivity (Wildman–Crippen MR) is 145 cm³/mol. The van der Waals surface area contributed by atoms with E-state index in [2.05, 4.69) is 19.2 Å². The van der Waals surface area contributed by atoms with Gasteiger partial charge in [0.15, 0.2) is 6.61 Å². The number of hydrogen-bond donors (Lipinski definition) is 1. The van der Waals surface area contributed by atoms with Crippen molar-refractivity contribution in [3.05, 3.63) is 101 Å². The minimum Gasteiger partial charge on any atom is -0.484 e. The maximum absolute atomic E-state index is 14.7. The molecule has 0 unspecified atom stereocenters. The molecule has 196 valence electrons. The zero-order chi connectivity index (χ0) is 26.8. The second-order valence-electron chi connectivity index (χ2n) is 9.65. The quantitative estimate of drug-likeness (QED) is 0.335. The molecule has 0 bridgehead atoms. The van der Waals surface area contributed by atoms with Crippen LogP contribution in [-0.2, 0) is 22.6 Å². The van der Waals surface area contributed by atoms with Gasteiger partial charge in [-0.15, -0.1) is 0 Å². The zero-order valence-corrected chi connectivity index (χ0v) is 22.1. The summed E-state index contributed by atoms with van der Waals surface area (Å²) in [5.74, 6) is -0.145. The van der Waals surface area contributed by atoms with E-state index in [0.717, 1.165) is 12.0 Å². The van der Waals surface area contributed by atoms with E-state index in [1.165, 1.54) is 16.5 Å². The van der Waals surface area contributed by atoms with Crippen molar-refractivity contribution in [2.75, 3.05) is 6.61 Å². The second-order valence-corrected chi connectivity index (χ2v) is 9.65. The van der Waals surface area contributed by atoms with Crippen LogP contribution < -0.4 is 10.1 Å². The van der Waals surface area contributed by atoms with E-state index in [-0.39, 0.29) is 25.1 Å². The molecule has 0 aliphatic heterocycles. The van der Waals surface area contributed by atoms with Gasteiger partial charge in [0, 0.05) is 24.6 Å². The molecule has 3 rings (SSSR count). The van der Waals surface area contributed by atoms with Crippen LogP contribution in [0.4, 0.5) is 4.39 Å². The van der Waals surface area contributed by atoms with Crippen molar-refractivity contribution < 1.29 is 18.7 Å². The summed E-state index contributed by atoms with van der Waals surface area (Å²) in [6.45, 7) is 7.81. The van der Waals surface area contributed by atoms with Crippen molar-refractivity contribution in [2.45, 2.75) is 65.1 Å². The fourth-order valence-corrected chi connectivity index (χ4v) is 3.98. The van der Waals surface area contributed by atoms with E-state index in [9.17, 15) is 14.0 Å². The first kappa shape index (κ1) is 27.9. The van der Waals surface area contributed by atoms with Gasteiger partial charge in [-0.25, -0.2) is 4.39 Å². The van der Waals surface area contributed by atoms with Gasteiger partial charge in [0.1, 0.15) is 17.6 Å². The molecule has 0 saturated heterocycles. The molecule has 0 aliphatic rings. The molecule has 3 aromatic carbocycles. The van der Waals surface area contributed by atoms with Crippen LogP contribution in [0.15, 0.2) is 78.9 Å². The average Bonchev–Trinajstić information content (AvgIpc) is 2.90. The minimum absolute atomic E-state index is 0.0490. The second kappa shape index (κ2) is 13.6. The monoisotopic (exact) mass is 504 g/mol. The van der Waals surface area contributed by atoms with Crippen molar-refractivity contribution in [1.29, 1.82) is 0 Å². The summed E-state index contributed by atoms with van der Waals surface area (Å²) >= 11 is 0. The van der Waals surface area contributed by atoms with Crippen LogP contribution in [0.25, 0.3) is 0 Å². The molecule has 2 amide bonds. The van der Waals surface area contributed by atoms with Gasteiger partial charge in [-0.2, -0.15) is 0 Å². The predicted octanol–water partition coefficient (Wildman–Crippen LogP) is 5.88. The largest absolute Gasteiger partial charge is 0.484 e. The van der Waals surface area contributed by atoms with E-state index < -0.39 is 17.8 Å². The molecule has 6 heteroatoms. The molecule has 37 heavy (non-hydrogen) atoms. The van der Waals surface area contributed by atoms with Crippen LogP contribution in [0.3, 0.4) is 0 Å². The number of rotatable bonds is 12. The molecule has 0 saturated carbocycles. The summed E-state index contributed by atoms with van der Waals surface area (Å²) in [5.41, 5.74) is 2.42. The van der Waals surface area contributed by atoms with E-state index in [0.29, 0.717) is 23.7 Å². The summed E-state index contributed by atoms with van der Waals surface area (Å²) in [6, 6.07) is 22.6. The first-order chi connectivity index (χ1) is 17.8.